The molecule has 0 heterocycles. The first-order valence-corrected chi connectivity index (χ1v) is 10.8. The lowest BCUT2D eigenvalue weighted by molar-refractivity contribution is -0.801. The molecule has 0 bridgehead atoms. The molecule has 0 rings (SSSR count). The molecule has 26 heavy (non-hydrogen) atoms. The Kier molecular flexibility index (Phi) is 15.4. The Balaban J connectivity index is 3.40. The third-order valence-electron chi connectivity index (χ3n) is 5.15. The molecule has 0 atom stereocenters. The predicted octanol–water partition coefficient (Wildman–Crippen LogP) is 5.93. The summed E-state index contributed by atoms with van der Waals surface area (Å²) >= 11 is 0. The summed E-state index contributed by atoms with van der Waals surface area (Å²) in [7, 11) is 3.82. The van der Waals surface area contributed by atoms with Gasteiger partial charge in [0.25, 0.3) is 0 Å². The first kappa shape index (κ1) is 24.9. The highest BCUT2D eigenvalue weighted by molar-refractivity contribution is 5.84. The number of hydrogen-bond donors (Lipinski definition) is 2. The van der Waals surface area contributed by atoms with Gasteiger partial charge >= 0.3 is 12.1 Å². The highest BCUT2D eigenvalue weighted by Crippen LogP contribution is 2.13. The number of unbranched alkanes of at least 4 members (excludes halogenated alkanes) is 14. The van der Waals surface area contributed by atoms with Crippen molar-refractivity contribution in [2.24, 2.45) is 10.7 Å². The summed E-state index contributed by atoms with van der Waals surface area (Å²) in [5, 5.41) is 8.67. The summed E-state index contributed by atoms with van der Waals surface area (Å²) in [6, 6.07) is 0. The van der Waals surface area contributed by atoms with Crippen LogP contribution in [0.3, 0.4) is 0 Å². The topological polar surface area (TPSA) is 75.7 Å². The van der Waals surface area contributed by atoms with Crippen LogP contribution in [-0.2, 0) is 0 Å². The molecule has 5 nitrogen and oxygen atoms in total. The minimum atomic E-state index is -1.22. The Bertz CT molecular complexity index is 381. The van der Waals surface area contributed by atoms with Crippen molar-refractivity contribution in [2.75, 3.05) is 20.6 Å². The molecule has 0 spiro atoms. The van der Waals surface area contributed by atoms with Crippen LogP contribution >= 0.6 is 0 Å². The van der Waals surface area contributed by atoms with E-state index in [9.17, 15) is 4.79 Å². The van der Waals surface area contributed by atoms with Gasteiger partial charge in [0.2, 0.25) is 0 Å². The standard InChI is InChI=1S/C21H43N3O2/c1-4-5-6-7-8-9-10-11-12-13-14-15-16-17-18-19-24(2,3)20(22)23-21(25)26/h4-19H2,1-3H3,(H2-,22,23,25,26)/p+1. The molecule has 0 unspecified atom stereocenters. The smallest absolute Gasteiger partial charge is 0.437 e. The maximum absolute atomic E-state index is 10.6. The fourth-order valence-electron chi connectivity index (χ4n) is 3.23. The van der Waals surface area contributed by atoms with E-state index < -0.39 is 6.09 Å². The number of carbonyl (C=O) groups is 1. The van der Waals surface area contributed by atoms with Crippen molar-refractivity contribution in [2.45, 2.75) is 103 Å². The van der Waals surface area contributed by atoms with E-state index in [2.05, 4.69) is 11.9 Å². The molecule has 0 aliphatic carbocycles. The third kappa shape index (κ3) is 15.2. The summed E-state index contributed by atoms with van der Waals surface area (Å²) in [5.41, 5.74) is 5.75. The molecule has 0 radical (unpaired) electrons. The second kappa shape index (κ2) is 16.1. The Morgan fingerprint density at radius 1 is 0.769 bits per heavy atom. The van der Waals surface area contributed by atoms with Gasteiger partial charge in [0.15, 0.2) is 0 Å². The Morgan fingerprint density at radius 3 is 1.46 bits per heavy atom. The number of amides is 1. The van der Waals surface area contributed by atoms with Gasteiger partial charge in [-0.2, -0.15) is 0 Å². The number of carboxylic acid groups (broad SMARTS) is 1. The molecular weight excluding hydrogens is 326 g/mol. The molecule has 0 aliphatic rings. The summed E-state index contributed by atoms with van der Waals surface area (Å²) in [4.78, 5) is 14.0. The lowest BCUT2D eigenvalue weighted by Crippen LogP contribution is -2.51. The van der Waals surface area contributed by atoms with Crippen LogP contribution in [0, 0.1) is 0 Å². The minimum absolute atomic E-state index is 0.169. The van der Waals surface area contributed by atoms with E-state index in [-0.39, 0.29) is 5.96 Å². The quantitative estimate of drug-likeness (QED) is 0.153. The van der Waals surface area contributed by atoms with Crippen molar-refractivity contribution in [1.29, 1.82) is 0 Å². The number of guanidine groups is 1. The molecule has 0 aromatic rings. The van der Waals surface area contributed by atoms with Gasteiger partial charge in [-0.1, -0.05) is 90.4 Å². The van der Waals surface area contributed by atoms with Crippen LogP contribution in [0.25, 0.3) is 0 Å². The average Bonchev–Trinajstić information content (AvgIpc) is 2.57. The van der Waals surface area contributed by atoms with Crippen molar-refractivity contribution in [3.05, 3.63) is 0 Å². The van der Waals surface area contributed by atoms with Gasteiger partial charge in [0.1, 0.15) is 0 Å². The zero-order valence-electron chi connectivity index (χ0n) is 17.6. The van der Waals surface area contributed by atoms with E-state index in [0.717, 1.165) is 13.0 Å². The molecule has 1 amide bonds. The second-order valence-electron chi connectivity index (χ2n) is 8.11. The number of nitrogens with zero attached hydrogens (tertiary/aromatic N) is 2. The molecule has 3 N–H and O–H groups in total. The maximum Gasteiger partial charge on any atom is 0.437 e. The van der Waals surface area contributed by atoms with Crippen molar-refractivity contribution in [3.8, 4) is 0 Å². The molecule has 0 aromatic heterocycles. The second-order valence-corrected chi connectivity index (χ2v) is 8.11. The number of nitrogens with two attached hydrogens (primary N) is 1. The first-order chi connectivity index (χ1) is 12.4. The third-order valence-corrected chi connectivity index (χ3v) is 5.15. The highest BCUT2D eigenvalue weighted by Gasteiger charge is 2.21. The molecule has 5 heteroatoms. The van der Waals surface area contributed by atoms with Crippen LogP contribution in [0.4, 0.5) is 4.79 Å². The fraction of sp³-hybridized carbons (Fsp3) is 0.905. The van der Waals surface area contributed by atoms with E-state index in [4.69, 9.17) is 10.8 Å². The van der Waals surface area contributed by atoms with Gasteiger partial charge in [-0.05, 0) is 12.8 Å². The van der Waals surface area contributed by atoms with Crippen LogP contribution in [0.15, 0.2) is 4.99 Å². The maximum atomic E-state index is 10.6. The van der Waals surface area contributed by atoms with Crippen molar-refractivity contribution < 1.29 is 14.4 Å². The van der Waals surface area contributed by atoms with Crippen LogP contribution in [0.5, 0.6) is 0 Å². The average molecular weight is 371 g/mol. The summed E-state index contributed by atoms with van der Waals surface area (Å²) in [6.45, 7) is 3.11. The van der Waals surface area contributed by atoms with Crippen molar-refractivity contribution in [1.82, 2.24) is 0 Å². The van der Waals surface area contributed by atoms with Crippen LogP contribution in [0.1, 0.15) is 103 Å². The van der Waals surface area contributed by atoms with E-state index in [1.165, 1.54) is 89.9 Å². The molecule has 0 saturated heterocycles. The highest BCUT2D eigenvalue weighted by atomic mass is 16.4. The lowest BCUT2D eigenvalue weighted by Gasteiger charge is -2.26. The normalized spacial score (nSPS) is 12.5. The zero-order chi connectivity index (χ0) is 19.7. The van der Waals surface area contributed by atoms with Gasteiger partial charge in [-0.15, -0.1) is 4.99 Å². The van der Waals surface area contributed by atoms with Crippen molar-refractivity contribution >= 4 is 12.1 Å². The van der Waals surface area contributed by atoms with E-state index in [1.807, 2.05) is 14.1 Å². The summed E-state index contributed by atoms with van der Waals surface area (Å²) < 4.78 is 0.352. The van der Waals surface area contributed by atoms with Gasteiger partial charge in [0, 0.05) is 0 Å². The fourth-order valence-corrected chi connectivity index (χ4v) is 3.23. The molecule has 0 fully saturated rings. The monoisotopic (exact) mass is 370 g/mol. The van der Waals surface area contributed by atoms with Gasteiger partial charge in [-0.25, -0.2) is 4.79 Å². The molecule has 0 aromatic carbocycles. The van der Waals surface area contributed by atoms with E-state index in [1.54, 1.807) is 0 Å². The van der Waals surface area contributed by atoms with Crippen LogP contribution < -0.4 is 5.73 Å². The zero-order valence-corrected chi connectivity index (χ0v) is 17.6. The van der Waals surface area contributed by atoms with Gasteiger partial charge in [-0.3, -0.25) is 4.48 Å². The summed E-state index contributed by atoms with van der Waals surface area (Å²) in [6.07, 6.45) is 18.9. The van der Waals surface area contributed by atoms with E-state index >= 15 is 0 Å². The van der Waals surface area contributed by atoms with Crippen molar-refractivity contribution in [3.63, 3.8) is 0 Å². The molecule has 0 aliphatic heterocycles. The van der Waals surface area contributed by atoms with Crippen LogP contribution in [-0.4, -0.2) is 42.3 Å². The van der Waals surface area contributed by atoms with Gasteiger partial charge in [0.05, 0.1) is 20.6 Å². The largest absolute Gasteiger partial charge is 0.463 e. The Morgan fingerprint density at radius 2 is 1.12 bits per heavy atom. The number of aliphatic imine (C=N–C) groups is 1. The Hall–Kier alpha value is -1.10. The molecule has 154 valence electrons. The SMILES string of the molecule is CCCCCCCCCCCCCCCCC[N+](C)(C)C(N)=NC(=O)O. The minimum Gasteiger partial charge on any atom is -0.463 e. The summed E-state index contributed by atoms with van der Waals surface area (Å²) in [5.74, 6) is 0.169. The number of quaternary nitrogens is 1. The number of hydrogen-bond acceptors (Lipinski definition) is 1. The number of rotatable bonds is 16. The first-order valence-electron chi connectivity index (χ1n) is 10.8. The van der Waals surface area contributed by atoms with E-state index in [0.29, 0.717) is 4.48 Å². The lowest BCUT2D eigenvalue weighted by atomic mass is 10.0. The predicted molar refractivity (Wildman–Crippen MR) is 112 cm³/mol. The van der Waals surface area contributed by atoms with Gasteiger partial charge < -0.3 is 10.8 Å². The van der Waals surface area contributed by atoms with Crippen LogP contribution in [0.2, 0.25) is 0 Å². The molecule has 0 saturated carbocycles. The Labute approximate surface area is 161 Å². The molecular formula is C21H44N3O2+.